The van der Waals surface area contributed by atoms with E-state index in [0.717, 1.165) is 12.5 Å². The van der Waals surface area contributed by atoms with Crippen molar-refractivity contribution in [2.75, 3.05) is 6.61 Å². The van der Waals surface area contributed by atoms with Crippen molar-refractivity contribution in [3.05, 3.63) is 66.7 Å². The third-order valence-corrected chi connectivity index (χ3v) is 2.91. The fourth-order valence-corrected chi connectivity index (χ4v) is 1.82. The second-order valence-electron chi connectivity index (χ2n) is 4.73. The highest BCUT2D eigenvalue weighted by atomic mass is 16.6. The predicted octanol–water partition coefficient (Wildman–Crippen LogP) is 3.59. The zero-order valence-electron chi connectivity index (χ0n) is 13.3. The molecule has 5 nitrogen and oxygen atoms in total. The van der Waals surface area contributed by atoms with Crippen molar-refractivity contribution in [2.45, 2.75) is 13.3 Å². The van der Waals surface area contributed by atoms with E-state index in [-0.39, 0.29) is 17.2 Å². The van der Waals surface area contributed by atoms with Gasteiger partial charge in [-0.3, -0.25) is 0 Å². The first-order chi connectivity index (χ1) is 11.7. The summed E-state index contributed by atoms with van der Waals surface area (Å²) in [6, 6.07) is 14.3. The van der Waals surface area contributed by atoms with E-state index in [1.54, 1.807) is 30.3 Å². The molecule has 0 saturated heterocycles. The van der Waals surface area contributed by atoms with Gasteiger partial charge in [-0.1, -0.05) is 31.7 Å². The maximum Gasteiger partial charge on any atom is 0.343 e. The van der Waals surface area contributed by atoms with Gasteiger partial charge in [-0.15, -0.1) is 0 Å². The summed E-state index contributed by atoms with van der Waals surface area (Å²) in [5, 5.41) is 0. The third-order valence-electron chi connectivity index (χ3n) is 2.91. The molecular weight excluding hydrogens is 308 g/mol. The van der Waals surface area contributed by atoms with Crippen LogP contribution in [0.1, 0.15) is 23.7 Å². The molecule has 2 aromatic carbocycles. The van der Waals surface area contributed by atoms with Crippen molar-refractivity contribution >= 4 is 11.9 Å². The Kier molecular flexibility index (Phi) is 6.14. The largest absolute Gasteiger partial charge is 0.486 e. The monoisotopic (exact) mass is 325 g/mol. The minimum atomic E-state index is -0.636. The van der Waals surface area contributed by atoms with Crippen LogP contribution in [0.2, 0.25) is 0 Å². The molecule has 1 radical (unpaired) electrons. The third kappa shape index (κ3) is 4.46. The first-order valence-corrected chi connectivity index (χ1v) is 7.44. The molecule has 0 fully saturated rings. The summed E-state index contributed by atoms with van der Waals surface area (Å²) in [6.07, 6.45) is 1.77. The highest BCUT2D eigenvalue weighted by Gasteiger charge is 2.18. The molecule has 0 aliphatic carbocycles. The Hall–Kier alpha value is -3.08. The van der Waals surface area contributed by atoms with Crippen molar-refractivity contribution < 1.29 is 23.8 Å². The van der Waals surface area contributed by atoms with Crippen LogP contribution in [0.4, 0.5) is 0 Å². The topological polar surface area (TPSA) is 61.8 Å². The van der Waals surface area contributed by atoms with Gasteiger partial charge >= 0.3 is 11.9 Å². The molecule has 2 rings (SSSR count). The van der Waals surface area contributed by atoms with Gasteiger partial charge in [0.2, 0.25) is 5.75 Å². The highest BCUT2D eigenvalue weighted by Crippen LogP contribution is 2.37. The molecule has 24 heavy (non-hydrogen) atoms. The van der Waals surface area contributed by atoms with Crippen LogP contribution in [0.5, 0.6) is 17.2 Å². The zero-order valence-corrected chi connectivity index (χ0v) is 13.3. The van der Waals surface area contributed by atoms with Crippen LogP contribution in [0.25, 0.3) is 0 Å². The summed E-state index contributed by atoms with van der Waals surface area (Å²) in [7, 11) is 0. The first kappa shape index (κ1) is 17.3. The van der Waals surface area contributed by atoms with Gasteiger partial charge in [-0.2, -0.15) is 0 Å². The van der Waals surface area contributed by atoms with Gasteiger partial charge in [0.15, 0.2) is 11.5 Å². The lowest BCUT2D eigenvalue weighted by molar-refractivity contribution is -0.129. The van der Waals surface area contributed by atoms with Crippen LogP contribution >= 0.6 is 0 Å². The lowest BCUT2D eigenvalue weighted by atomic mass is 10.2. The van der Waals surface area contributed by atoms with Crippen molar-refractivity contribution in [3.63, 3.8) is 0 Å². The molecule has 0 N–H and O–H groups in total. The maximum absolute atomic E-state index is 12.2. The van der Waals surface area contributed by atoms with Gasteiger partial charge < -0.3 is 14.2 Å². The summed E-state index contributed by atoms with van der Waals surface area (Å²) in [6.45, 7) is 5.65. The molecule has 5 heteroatoms. The smallest absolute Gasteiger partial charge is 0.343 e. The number of benzene rings is 2. The van der Waals surface area contributed by atoms with E-state index >= 15 is 0 Å². The number of ether oxygens (including phenoxy) is 3. The molecule has 0 aliphatic rings. The van der Waals surface area contributed by atoms with Crippen molar-refractivity contribution in [1.29, 1.82) is 0 Å². The Labute approximate surface area is 140 Å². The van der Waals surface area contributed by atoms with Crippen molar-refractivity contribution in [3.8, 4) is 17.2 Å². The van der Waals surface area contributed by atoms with E-state index in [1.165, 1.54) is 12.1 Å². The molecule has 0 aromatic heterocycles. The van der Waals surface area contributed by atoms with Crippen LogP contribution < -0.4 is 14.2 Å². The van der Waals surface area contributed by atoms with Crippen LogP contribution in [0, 0.1) is 6.07 Å². The minimum absolute atomic E-state index is 0.0617. The summed E-state index contributed by atoms with van der Waals surface area (Å²) in [5.74, 6) is -0.836. The Morgan fingerprint density at radius 2 is 1.92 bits per heavy atom. The quantitative estimate of drug-likeness (QED) is 0.442. The Balaban J connectivity index is 2.30. The molecule has 0 bridgehead atoms. The fraction of sp³-hybridized carbons (Fsp3) is 0.158. The summed E-state index contributed by atoms with van der Waals surface area (Å²) >= 11 is 0. The number of carbonyl (C=O) groups is 2. The van der Waals surface area contributed by atoms with Gasteiger partial charge in [-0.25, -0.2) is 9.59 Å². The number of esters is 2. The highest BCUT2D eigenvalue weighted by molar-refractivity contribution is 5.91. The molecular formula is C19H17O5. The Bertz CT molecular complexity index is 722. The SMILES string of the molecule is C=CC(=O)Oc1cc[c]c(OC(=O)c2ccccc2)c1OCCC. The molecule has 0 saturated carbocycles. The number of rotatable bonds is 7. The summed E-state index contributed by atoms with van der Waals surface area (Å²) < 4.78 is 16.1. The molecule has 0 heterocycles. The average molecular weight is 325 g/mol. The lowest BCUT2D eigenvalue weighted by Crippen LogP contribution is -2.11. The predicted molar refractivity (Wildman–Crippen MR) is 88.3 cm³/mol. The summed E-state index contributed by atoms with van der Waals surface area (Å²) in [4.78, 5) is 23.7. The minimum Gasteiger partial charge on any atom is -0.486 e. The van der Waals surface area contributed by atoms with Gasteiger partial charge in [0, 0.05) is 12.1 Å². The van der Waals surface area contributed by atoms with Gasteiger partial charge in [0.25, 0.3) is 0 Å². The van der Waals surface area contributed by atoms with Crippen molar-refractivity contribution in [1.82, 2.24) is 0 Å². The molecule has 0 amide bonds. The normalized spacial score (nSPS) is 9.88. The molecule has 2 aromatic rings. The van der Waals surface area contributed by atoms with E-state index in [4.69, 9.17) is 14.2 Å². The number of carbonyl (C=O) groups excluding carboxylic acids is 2. The van der Waals surface area contributed by atoms with E-state index in [0.29, 0.717) is 12.2 Å². The second kappa shape index (κ2) is 8.53. The number of hydrogen-bond acceptors (Lipinski definition) is 5. The van der Waals surface area contributed by atoms with E-state index < -0.39 is 11.9 Å². The molecule has 123 valence electrons. The second-order valence-corrected chi connectivity index (χ2v) is 4.73. The van der Waals surface area contributed by atoms with Crippen LogP contribution in [-0.4, -0.2) is 18.5 Å². The lowest BCUT2D eigenvalue weighted by Gasteiger charge is -2.14. The molecule has 0 atom stereocenters. The average Bonchev–Trinajstić information content (AvgIpc) is 2.61. The standard InChI is InChI=1S/C19H17O5/c1-3-13-22-18-15(23-17(20)4-2)11-8-12-16(18)24-19(21)14-9-6-5-7-10-14/h4-11H,2-3,13H2,1H3. The van der Waals surface area contributed by atoms with E-state index in [9.17, 15) is 9.59 Å². The molecule has 0 aliphatic heterocycles. The number of hydrogen-bond donors (Lipinski definition) is 0. The van der Waals surface area contributed by atoms with E-state index in [2.05, 4.69) is 12.6 Å². The van der Waals surface area contributed by atoms with Gasteiger partial charge in [0.1, 0.15) is 0 Å². The van der Waals surface area contributed by atoms with Crippen LogP contribution in [-0.2, 0) is 4.79 Å². The Morgan fingerprint density at radius 1 is 1.17 bits per heavy atom. The van der Waals surface area contributed by atoms with Crippen LogP contribution in [0.15, 0.2) is 55.1 Å². The molecule has 0 unspecified atom stereocenters. The molecule has 0 spiro atoms. The van der Waals surface area contributed by atoms with Crippen molar-refractivity contribution in [2.24, 2.45) is 0 Å². The van der Waals surface area contributed by atoms with Gasteiger partial charge in [-0.05, 0) is 30.7 Å². The van der Waals surface area contributed by atoms with Gasteiger partial charge in [0.05, 0.1) is 12.2 Å². The fourth-order valence-electron chi connectivity index (χ4n) is 1.82. The first-order valence-electron chi connectivity index (χ1n) is 7.44. The Morgan fingerprint density at radius 3 is 2.58 bits per heavy atom. The van der Waals surface area contributed by atoms with E-state index in [1.807, 2.05) is 6.92 Å². The maximum atomic E-state index is 12.2. The zero-order chi connectivity index (χ0) is 17.4. The van der Waals surface area contributed by atoms with Crippen LogP contribution in [0.3, 0.4) is 0 Å². The summed E-state index contributed by atoms with van der Waals surface area (Å²) in [5.41, 5.74) is 0.390.